The van der Waals surface area contributed by atoms with Gasteiger partial charge in [-0.15, -0.1) is 0 Å². The second-order valence-electron chi connectivity index (χ2n) is 14.4. The predicted octanol–water partition coefficient (Wildman–Crippen LogP) is 5.08. The molecule has 1 unspecified atom stereocenters. The quantitative estimate of drug-likeness (QED) is 0.198. The van der Waals surface area contributed by atoms with E-state index in [-0.39, 0.29) is 68.0 Å². The van der Waals surface area contributed by atoms with E-state index in [2.05, 4.69) is 15.6 Å². The number of hydrogen-bond donors (Lipinski definition) is 2. The van der Waals surface area contributed by atoms with Gasteiger partial charge in [-0.3, -0.25) is 4.84 Å². The van der Waals surface area contributed by atoms with Gasteiger partial charge in [0.2, 0.25) is 20.0 Å². The molecule has 2 fully saturated rings. The number of nitrogens with one attached hydrogen (secondary N) is 1. The van der Waals surface area contributed by atoms with E-state index in [1.54, 1.807) is 0 Å². The Morgan fingerprint density at radius 1 is 0.750 bits per heavy atom. The van der Waals surface area contributed by atoms with Crippen LogP contribution >= 0.6 is 0 Å². The monoisotopic (exact) mass is 701 g/mol. The molecule has 2 aromatic carbocycles. The topological polar surface area (TPSA) is 158 Å². The minimum Gasteiger partial charge on any atom is -0.410 e. The first-order valence-electron chi connectivity index (χ1n) is 16.6. The van der Waals surface area contributed by atoms with Crippen molar-refractivity contribution in [2.75, 3.05) is 26.2 Å². The van der Waals surface area contributed by atoms with Crippen LogP contribution in [0, 0.1) is 29.6 Å². The van der Waals surface area contributed by atoms with Crippen molar-refractivity contribution in [1.82, 2.24) is 13.9 Å². The van der Waals surface area contributed by atoms with Gasteiger partial charge >= 0.3 is 6.09 Å². The molecule has 262 valence electrons. The van der Waals surface area contributed by atoms with Crippen LogP contribution in [0.2, 0.25) is 0 Å². The van der Waals surface area contributed by atoms with Crippen molar-refractivity contribution in [3.8, 4) is 0 Å². The van der Waals surface area contributed by atoms with Crippen LogP contribution in [0.1, 0.15) is 83.6 Å². The molecule has 48 heavy (non-hydrogen) atoms. The first-order valence-corrected chi connectivity index (χ1v) is 19.5. The Morgan fingerprint density at radius 3 is 1.54 bits per heavy atom. The van der Waals surface area contributed by atoms with Crippen LogP contribution in [-0.2, 0) is 24.9 Å². The van der Waals surface area contributed by atoms with Crippen LogP contribution in [-0.4, -0.2) is 80.4 Å². The van der Waals surface area contributed by atoms with E-state index in [1.807, 2.05) is 48.5 Å². The van der Waals surface area contributed by atoms with E-state index in [0.717, 1.165) is 12.8 Å². The van der Waals surface area contributed by atoms with Crippen molar-refractivity contribution in [3.63, 3.8) is 0 Å². The van der Waals surface area contributed by atoms with Gasteiger partial charge < -0.3 is 10.5 Å². The van der Waals surface area contributed by atoms with Crippen LogP contribution < -0.4 is 5.32 Å². The maximum atomic E-state index is 14.0. The summed E-state index contributed by atoms with van der Waals surface area (Å²) in [6, 6.07) is 8.61. The lowest BCUT2D eigenvalue weighted by Crippen LogP contribution is -2.42. The van der Waals surface area contributed by atoms with Gasteiger partial charge in [-0.05, 0) is 73.6 Å². The predicted molar refractivity (Wildman–Crippen MR) is 183 cm³/mol. The highest BCUT2D eigenvalue weighted by Gasteiger charge is 2.37. The molecule has 2 N–H and O–H groups in total. The van der Waals surface area contributed by atoms with Crippen LogP contribution in [0.3, 0.4) is 0 Å². The van der Waals surface area contributed by atoms with Gasteiger partial charge in [0.1, 0.15) is 11.4 Å². The van der Waals surface area contributed by atoms with Gasteiger partial charge in [-0.25, -0.2) is 21.6 Å². The fraction of sp³-hybridized carbons (Fsp3) is 0.559. The fourth-order valence-electron chi connectivity index (χ4n) is 7.04. The molecule has 0 radical (unpaired) electrons. The molecule has 2 saturated heterocycles. The summed E-state index contributed by atoms with van der Waals surface area (Å²) in [5.74, 6) is 0.856. The molecule has 2 aromatic rings. The zero-order valence-electron chi connectivity index (χ0n) is 28.7. The Morgan fingerprint density at radius 2 is 1.17 bits per heavy atom. The Balaban J connectivity index is 1.64. The molecule has 3 aliphatic rings. The molecule has 2 aliphatic heterocycles. The van der Waals surface area contributed by atoms with Gasteiger partial charge in [0.15, 0.2) is 0 Å². The Hall–Kier alpha value is -3.33. The number of rotatable bonds is 7. The largest absolute Gasteiger partial charge is 0.433 e. The molecule has 0 bridgehead atoms. The van der Waals surface area contributed by atoms with E-state index in [9.17, 15) is 26.8 Å². The molecule has 14 heteroatoms. The van der Waals surface area contributed by atoms with E-state index in [4.69, 9.17) is 4.84 Å². The van der Waals surface area contributed by atoms with Crippen molar-refractivity contribution in [1.29, 1.82) is 0 Å². The second kappa shape index (κ2) is 13.9. The summed E-state index contributed by atoms with van der Waals surface area (Å²) in [6.45, 7) is 15.3. The summed E-state index contributed by atoms with van der Waals surface area (Å²) in [6.07, 6.45) is 1.03. The third-order valence-electron chi connectivity index (χ3n) is 9.61. The number of benzene rings is 2. The minimum absolute atomic E-state index is 0.00561. The van der Waals surface area contributed by atoms with Crippen LogP contribution in [0.15, 0.2) is 56.5 Å². The lowest BCUT2D eigenvalue weighted by molar-refractivity contribution is 0.144. The van der Waals surface area contributed by atoms with Gasteiger partial charge in [-0.1, -0.05) is 64.0 Å². The normalized spacial score (nSPS) is 24.4. The number of piperidine rings is 2. The Labute approximate surface area is 284 Å². The molecule has 2 heterocycles. The summed E-state index contributed by atoms with van der Waals surface area (Å²) >= 11 is 0. The summed E-state index contributed by atoms with van der Waals surface area (Å²) in [5.41, 5.74) is 1.26. The molecule has 1 aliphatic carbocycles. The molecule has 0 saturated carbocycles. The van der Waals surface area contributed by atoms with Crippen molar-refractivity contribution in [2.45, 2.75) is 77.1 Å². The van der Waals surface area contributed by atoms with E-state index >= 15 is 0 Å². The third-order valence-corrected chi connectivity index (χ3v) is 13.3. The average Bonchev–Trinajstić information content (AvgIpc) is 3.01. The Bertz CT molecular complexity index is 1710. The molecular weight excluding hydrogens is 655 g/mol. The molecule has 12 nitrogen and oxygen atoms in total. The molecule has 1 amide bonds. The van der Waals surface area contributed by atoms with Crippen LogP contribution in [0.4, 0.5) is 4.79 Å². The highest BCUT2D eigenvalue weighted by Crippen LogP contribution is 2.35. The van der Waals surface area contributed by atoms with E-state index in [1.165, 1.54) is 45.0 Å². The smallest absolute Gasteiger partial charge is 0.410 e. The first kappa shape index (κ1) is 36.0. The van der Waals surface area contributed by atoms with Crippen molar-refractivity contribution < 1.29 is 31.7 Å². The SMILES string of the molecule is CC(C)C(C)NC(=O)ON=C1c2cc(S(=O)(=O)N3C[C@H](C)C[C@H](C)C3)ccc2C(=NO)c2ccc(S(=O)(=O)N3C[C@H](C)C[C@H](C)C3)cc21. The third kappa shape index (κ3) is 7.17. The lowest BCUT2D eigenvalue weighted by Gasteiger charge is -2.34. The van der Waals surface area contributed by atoms with Gasteiger partial charge in [0, 0.05) is 54.5 Å². The number of carbonyl (C=O) groups is 1. The van der Waals surface area contributed by atoms with Crippen LogP contribution in [0.25, 0.3) is 0 Å². The van der Waals surface area contributed by atoms with E-state index < -0.39 is 26.1 Å². The number of fused-ring (bicyclic) bond motifs is 2. The van der Waals surface area contributed by atoms with Crippen molar-refractivity contribution in [2.24, 2.45) is 39.9 Å². The van der Waals surface area contributed by atoms with Gasteiger partial charge in [0.05, 0.1) is 9.79 Å². The summed E-state index contributed by atoms with van der Waals surface area (Å²) in [7, 11) is -7.89. The van der Waals surface area contributed by atoms with Crippen molar-refractivity contribution in [3.05, 3.63) is 58.7 Å². The number of hydrogen-bond acceptors (Lipinski definition) is 9. The van der Waals surface area contributed by atoms with Gasteiger partial charge in [-0.2, -0.15) is 8.61 Å². The number of nitrogens with zero attached hydrogens (tertiary/aromatic N) is 4. The fourth-order valence-corrected chi connectivity index (χ4v) is 10.4. The molecule has 0 spiro atoms. The van der Waals surface area contributed by atoms with Gasteiger partial charge in [0.25, 0.3) is 0 Å². The maximum Gasteiger partial charge on any atom is 0.433 e. The number of oxime groups is 2. The summed E-state index contributed by atoms with van der Waals surface area (Å²) in [5, 5.41) is 20.7. The number of amides is 1. The lowest BCUT2D eigenvalue weighted by atomic mass is 9.83. The summed E-state index contributed by atoms with van der Waals surface area (Å²) < 4.78 is 58.8. The zero-order valence-corrected chi connectivity index (χ0v) is 30.3. The average molecular weight is 702 g/mol. The minimum atomic E-state index is -3.95. The highest BCUT2D eigenvalue weighted by molar-refractivity contribution is 7.89. The van der Waals surface area contributed by atoms with Crippen molar-refractivity contribution >= 4 is 37.6 Å². The molecule has 5 rings (SSSR count). The highest BCUT2D eigenvalue weighted by atomic mass is 32.2. The van der Waals surface area contributed by atoms with Crippen LogP contribution in [0.5, 0.6) is 0 Å². The number of sulfonamides is 2. The molecular formula is C34H47N5O7S2. The maximum absolute atomic E-state index is 14.0. The first-order chi connectivity index (χ1) is 22.5. The second-order valence-corrected chi connectivity index (χ2v) is 18.3. The van der Waals surface area contributed by atoms with E-state index in [0.29, 0.717) is 37.3 Å². The summed E-state index contributed by atoms with van der Waals surface area (Å²) in [4.78, 5) is 18.2. The number of carbonyl (C=O) groups excluding carboxylic acids is 1. The zero-order chi connectivity index (χ0) is 35.1. The standard InChI is InChI=1S/C34H47N5O7S2/c1-20(2)25(7)35-34(40)46-37-33-30-14-26(47(42,43)38-16-21(3)12-22(4)17-38)8-10-28(30)32(36-41)29-11-9-27(15-31(29)33)48(44,45)39-18-23(5)13-24(6)19-39/h8-11,14-15,20-25,41H,12-13,16-19H2,1-7H3,(H,35,40)/t21-,22+,23-,24+,25?. The Kier molecular flexibility index (Phi) is 10.4. The molecule has 5 atom stereocenters. The molecule has 0 aromatic heterocycles.